The lowest BCUT2D eigenvalue weighted by Crippen LogP contribution is -2.40. The van der Waals surface area contributed by atoms with Crippen molar-refractivity contribution in [3.05, 3.63) is 30.3 Å². The molecule has 0 fully saturated rings. The summed E-state index contributed by atoms with van der Waals surface area (Å²) >= 11 is 0. The van der Waals surface area contributed by atoms with Crippen LogP contribution < -0.4 is 4.74 Å². The number of para-hydroxylation sites is 1. The first kappa shape index (κ1) is 12.7. The molecule has 0 aliphatic heterocycles. The standard InChI is InChI=1S/C13H19NO2/c1-4-13(15)12(14(2)3)10-16-11-8-6-5-7-9-11/h5-9,12H,4,10H2,1-3H3. The van der Waals surface area contributed by atoms with Gasteiger partial charge in [-0.1, -0.05) is 25.1 Å². The summed E-state index contributed by atoms with van der Waals surface area (Å²) in [6.45, 7) is 2.28. The number of carbonyl (C=O) groups excluding carboxylic acids is 1. The lowest BCUT2D eigenvalue weighted by atomic mass is 10.1. The Morgan fingerprint density at radius 2 is 1.94 bits per heavy atom. The summed E-state index contributed by atoms with van der Waals surface area (Å²) < 4.78 is 5.59. The van der Waals surface area contributed by atoms with E-state index >= 15 is 0 Å². The van der Waals surface area contributed by atoms with E-state index in [1.807, 2.05) is 56.3 Å². The average Bonchev–Trinajstić information content (AvgIpc) is 2.30. The van der Waals surface area contributed by atoms with Crippen LogP contribution in [0.4, 0.5) is 0 Å². The number of likely N-dealkylation sites (N-methyl/N-ethyl adjacent to an activating group) is 1. The van der Waals surface area contributed by atoms with Gasteiger partial charge < -0.3 is 4.74 Å². The molecule has 0 aromatic heterocycles. The van der Waals surface area contributed by atoms with Crippen molar-refractivity contribution < 1.29 is 9.53 Å². The summed E-state index contributed by atoms with van der Waals surface area (Å²) in [7, 11) is 3.79. The van der Waals surface area contributed by atoms with Crippen LogP contribution in [0, 0.1) is 0 Å². The molecule has 0 aliphatic rings. The molecule has 0 spiro atoms. The summed E-state index contributed by atoms with van der Waals surface area (Å²) in [5.74, 6) is 1.01. The molecule has 0 heterocycles. The van der Waals surface area contributed by atoms with Gasteiger partial charge in [0.1, 0.15) is 18.4 Å². The molecule has 3 heteroatoms. The highest BCUT2D eigenvalue weighted by Crippen LogP contribution is 2.10. The number of rotatable bonds is 6. The maximum atomic E-state index is 11.7. The van der Waals surface area contributed by atoms with Gasteiger partial charge in [0.2, 0.25) is 0 Å². The normalized spacial score (nSPS) is 12.5. The molecule has 0 aliphatic carbocycles. The van der Waals surface area contributed by atoms with Crippen molar-refractivity contribution >= 4 is 5.78 Å². The number of hydrogen-bond donors (Lipinski definition) is 0. The lowest BCUT2D eigenvalue weighted by molar-refractivity contribution is -0.124. The zero-order chi connectivity index (χ0) is 12.0. The molecular formula is C13H19NO2. The van der Waals surface area contributed by atoms with Crippen molar-refractivity contribution in [2.24, 2.45) is 0 Å². The number of carbonyl (C=O) groups is 1. The van der Waals surface area contributed by atoms with Gasteiger partial charge in [0, 0.05) is 6.42 Å². The second kappa shape index (κ2) is 6.28. The molecule has 1 aromatic rings. The van der Waals surface area contributed by atoms with Gasteiger partial charge in [-0.05, 0) is 26.2 Å². The minimum Gasteiger partial charge on any atom is -0.491 e. The van der Waals surface area contributed by atoms with E-state index in [1.165, 1.54) is 0 Å². The third-order valence-electron chi connectivity index (χ3n) is 2.49. The van der Waals surface area contributed by atoms with Crippen molar-refractivity contribution in [2.45, 2.75) is 19.4 Å². The highest BCUT2D eigenvalue weighted by molar-refractivity contribution is 5.83. The third-order valence-corrected chi connectivity index (χ3v) is 2.49. The van der Waals surface area contributed by atoms with E-state index in [4.69, 9.17) is 4.74 Å². The van der Waals surface area contributed by atoms with Crippen molar-refractivity contribution in [3.8, 4) is 5.75 Å². The summed E-state index contributed by atoms with van der Waals surface area (Å²) in [4.78, 5) is 13.6. The van der Waals surface area contributed by atoms with Crippen LogP contribution in [0.1, 0.15) is 13.3 Å². The Bertz CT molecular complexity index is 322. The Hall–Kier alpha value is -1.35. The second-order valence-electron chi connectivity index (χ2n) is 3.92. The number of ether oxygens (including phenoxy) is 1. The van der Waals surface area contributed by atoms with E-state index in [-0.39, 0.29) is 11.8 Å². The smallest absolute Gasteiger partial charge is 0.153 e. The molecule has 1 aromatic carbocycles. The van der Waals surface area contributed by atoms with E-state index in [9.17, 15) is 4.79 Å². The van der Waals surface area contributed by atoms with Crippen LogP contribution in [0.3, 0.4) is 0 Å². The maximum absolute atomic E-state index is 11.7. The first-order valence-corrected chi connectivity index (χ1v) is 5.52. The summed E-state index contributed by atoms with van der Waals surface area (Å²) in [6, 6.07) is 9.40. The maximum Gasteiger partial charge on any atom is 0.153 e. The van der Waals surface area contributed by atoms with Crippen molar-refractivity contribution in [1.29, 1.82) is 0 Å². The van der Waals surface area contributed by atoms with Gasteiger partial charge in [-0.3, -0.25) is 9.69 Å². The first-order valence-electron chi connectivity index (χ1n) is 5.52. The van der Waals surface area contributed by atoms with Crippen molar-refractivity contribution in [2.75, 3.05) is 20.7 Å². The molecule has 1 atom stereocenters. The molecule has 88 valence electrons. The minimum atomic E-state index is -0.162. The van der Waals surface area contributed by atoms with Crippen molar-refractivity contribution in [3.63, 3.8) is 0 Å². The van der Waals surface area contributed by atoms with E-state index in [2.05, 4.69) is 0 Å². The average molecular weight is 221 g/mol. The zero-order valence-corrected chi connectivity index (χ0v) is 10.1. The largest absolute Gasteiger partial charge is 0.491 e. The van der Waals surface area contributed by atoms with Gasteiger partial charge in [0.15, 0.2) is 5.78 Å². The molecule has 1 unspecified atom stereocenters. The van der Waals surface area contributed by atoms with Gasteiger partial charge in [0.05, 0.1) is 0 Å². The molecule has 0 bridgehead atoms. The van der Waals surface area contributed by atoms with Gasteiger partial charge in [-0.15, -0.1) is 0 Å². The van der Waals surface area contributed by atoms with Gasteiger partial charge in [-0.25, -0.2) is 0 Å². The molecule has 0 amide bonds. The highest BCUT2D eigenvalue weighted by atomic mass is 16.5. The Kier molecular flexibility index (Phi) is 4.99. The SMILES string of the molecule is CCC(=O)C(COc1ccccc1)N(C)C. The molecule has 0 radical (unpaired) electrons. The van der Waals surface area contributed by atoms with Gasteiger partial charge in [0.25, 0.3) is 0 Å². The first-order chi connectivity index (χ1) is 7.65. The highest BCUT2D eigenvalue weighted by Gasteiger charge is 2.19. The van der Waals surface area contributed by atoms with E-state index in [0.717, 1.165) is 5.75 Å². The number of benzene rings is 1. The number of ketones is 1. The molecule has 16 heavy (non-hydrogen) atoms. The second-order valence-corrected chi connectivity index (χ2v) is 3.92. The van der Waals surface area contributed by atoms with Crippen LogP contribution in [0.25, 0.3) is 0 Å². The van der Waals surface area contributed by atoms with Crippen LogP contribution >= 0.6 is 0 Å². The molecule has 0 saturated heterocycles. The molecule has 0 N–H and O–H groups in total. The summed E-state index contributed by atoms with van der Waals surface area (Å²) in [5.41, 5.74) is 0. The topological polar surface area (TPSA) is 29.5 Å². The fourth-order valence-electron chi connectivity index (χ4n) is 1.46. The van der Waals surface area contributed by atoms with Crippen LogP contribution in [0.15, 0.2) is 30.3 Å². The summed E-state index contributed by atoms with van der Waals surface area (Å²) in [5, 5.41) is 0. The van der Waals surface area contributed by atoms with Crippen LogP contribution in [0.5, 0.6) is 5.75 Å². The monoisotopic (exact) mass is 221 g/mol. The molecular weight excluding hydrogens is 202 g/mol. The van der Waals surface area contributed by atoms with E-state index in [0.29, 0.717) is 13.0 Å². The summed E-state index contributed by atoms with van der Waals surface area (Å²) in [6.07, 6.45) is 0.543. The zero-order valence-electron chi connectivity index (χ0n) is 10.1. The minimum absolute atomic E-state index is 0.162. The van der Waals surface area contributed by atoms with Crippen molar-refractivity contribution in [1.82, 2.24) is 4.90 Å². The number of hydrogen-bond acceptors (Lipinski definition) is 3. The molecule has 3 nitrogen and oxygen atoms in total. The van der Waals surface area contributed by atoms with Crippen LogP contribution in [-0.2, 0) is 4.79 Å². The van der Waals surface area contributed by atoms with Crippen LogP contribution in [0.2, 0.25) is 0 Å². The van der Waals surface area contributed by atoms with Crippen LogP contribution in [-0.4, -0.2) is 37.4 Å². The van der Waals surface area contributed by atoms with Gasteiger partial charge >= 0.3 is 0 Å². The fourth-order valence-corrected chi connectivity index (χ4v) is 1.46. The third kappa shape index (κ3) is 3.66. The number of nitrogens with zero attached hydrogens (tertiary/aromatic N) is 1. The Morgan fingerprint density at radius 3 is 2.44 bits per heavy atom. The Morgan fingerprint density at radius 1 is 1.31 bits per heavy atom. The predicted molar refractivity (Wildman–Crippen MR) is 64.7 cm³/mol. The van der Waals surface area contributed by atoms with Gasteiger partial charge in [-0.2, -0.15) is 0 Å². The molecule has 1 rings (SSSR count). The predicted octanol–water partition coefficient (Wildman–Crippen LogP) is 1.97. The molecule has 0 saturated carbocycles. The lowest BCUT2D eigenvalue weighted by Gasteiger charge is -2.22. The number of Topliss-reactive ketones (excluding diaryl/α,β-unsaturated/α-hetero) is 1. The Labute approximate surface area is 97.0 Å². The van der Waals surface area contributed by atoms with E-state index < -0.39 is 0 Å². The van der Waals surface area contributed by atoms with E-state index in [1.54, 1.807) is 0 Å². The fraction of sp³-hybridized carbons (Fsp3) is 0.462. The quantitative estimate of drug-likeness (QED) is 0.735. The Balaban J connectivity index is 2.54.